The highest BCUT2D eigenvalue weighted by atomic mass is 19.1. The molecule has 3 N–H and O–H groups in total. The van der Waals surface area contributed by atoms with Crippen molar-refractivity contribution in [3.63, 3.8) is 0 Å². The minimum Gasteiger partial charge on any atom is -0.495 e. The van der Waals surface area contributed by atoms with Crippen molar-refractivity contribution in [2.75, 3.05) is 63.6 Å². The number of carboxylic acids is 1. The number of likely N-dealkylation sites (tertiary alicyclic amines) is 1. The molecule has 0 spiro atoms. The van der Waals surface area contributed by atoms with Gasteiger partial charge in [0.1, 0.15) is 17.7 Å². The summed E-state index contributed by atoms with van der Waals surface area (Å²) in [7, 11) is 1.48. The van der Waals surface area contributed by atoms with Crippen LogP contribution < -0.4 is 20.1 Å². The smallest absolute Gasteiger partial charge is 0.323 e. The Morgan fingerprint density at radius 3 is 2.34 bits per heavy atom. The van der Waals surface area contributed by atoms with Gasteiger partial charge in [0.25, 0.3) is 0 Å². The zero-order valence-corrected chi connectivity index (χ0v) is 26.4. The molecule has 250 valence electrons. The van der Waals surface area contributed by atoms with Gasteiger partial charge in [-0.05, 0) is 48.4 Å². The molecule has 0 bridgehead atoms. The third-order valence-electron chi connectivity index (χ3n) is 8.44. The number of aryl methyl sites for hydroxylation is 1. The molecule has 2 heterocycles. The molecule has 2 aliphatic heterocycles. The summed E-state index contributed by atoms with van der Waals surface area (Å²) in [6.45, 7) is 5.12. The fourth-order valence-electron chi connectivity index (χ4n) is 6.02. The molecular weight excluding hydrogens is 612 g/mol. The van der Waals surface area contributed by atoms with Gasteiger partial charge in [0.05, 0.1) is 32.3 Å². The van der Waals surface area contributed by atoms with Crippen LogP contribution >= 0.6 is 0 Å². The molecule has 1 unspecified atom stereocenters. The Morgan fingerprint density at radius 1 is 0.915 bits per heavy atom. The predicted octanol–water partition coefficient (Wildman–Crippen LogP) is 4.22. The van der Waals surface area contributed by atoms with Crippen molar-refractivity contribution in [2.45, 2.75) is 31.9 Å². The number of aliphatic carboxylic acids is 1. The largest absolute Gasteiger partial charge is 0.495 e. The number of urea groups is 1. The van der Waals surface area contributed by atoms with Crippen LogP contribution in [0.5, 0.6) is 11.5 Å². The maximum Gasteiger partial charge on any atom is 0.323 e. The van der Waals surface area contributed by atoms with E-state index in [0.717, 1.165) is 17.7 Å². The minimum absolute atomic E-state index is 0.0177. The first kappa shape index (κ1) is 33.6. The summed E-state index contributed by atoms with van der Waals surface area (Å²) in [6, 6.07) is 15.0. The Hall–Kier alpha value is -4.75. The third-order valence-corrected chi connectivity index (χ3v) is 8.44. The van der Waals surface area contributed by atoms with Crippen LogP contribution in [0, 0.1) is 18.6 Å². The molecule has 5 rings (SSSR count). The molecule has 2 aliphatic rings. The number of carbonyl (C=O) groups is 3. The highest BCUT2D eigenvalue weighted by Gasteiger charge is 2.38. The molecule has 2 atom stereocenters. The molecule has 11 nitrogen and oxygen atoms in total. The second-order valence-electron chi connectivity index (χ2n) is 11.8. The Bertz CT molecular complexity index is 1600. The van der Waals surface area contributed by atoms with Crippen molar-refractivity contribution in [2.24, 2.45) is 0 Å². The lowest BCUT2D eigenvalue weighted by molar-refractivity contribution is -0.139. The molecule has 2 fully saturated rings. The average molecular weight is 652 g/mol. The lowest BCUT2D eigenvalue weighted by atomic mass is 10.1. The van der Waals surface area contributed by atoms with Crippen molar-refractivity contribution >= 4 is 29.3 Å². The second-order valence-corrected chi connectivity index (χ2v) is 11.8. The highest BCUT2D eigenvalue weighted by molar-refractivity contribution is 6.01. The summed E-state index contributed by atoms with van der Waals surface area (Å²) in [5.41, 5.74) is 2.70. The number of carbonyl (C=O) groups excluding carboxylic acids is 2. The monoisotopic (exact) mass is 651 g/mol. The summed E-state index contributed by atoms with van der Waals surface area (Å²) in [4.78, 5) is 43.4. The third kappa shape index (κ3) is 8.95. The van der Waals surface area contributed by atoms with Gasteiger partial charge in [0, 0.05) is 56.9 Å². The first-order chi connectivity index (χ1) is 22.6. The van der Waals surface area contributed by atoms with Gasteiger partial charge in [-0.15, -0.1) is 0 Å². The first-order valence-electron chi connectivity index (χ1n) is 15.5. The molecule has 0 saturated carbocycles. The quantitative estimate of drug-likeness (QED) is 0.282. The molecule has 47 heavy (non-hydrogen) atoms. The summed E-state index contributed by atoms with van der Waals surface area (Å²) in [5, 5.41) is 14.7. The Balaban J connectivity index is 1.26. The van der Waals surface area contributed by atoms with Gasteiger partial charge in [-0.25, -0.2) is 13.6 Å². The standard InChI is InChI=1S/C34H39F2N5O6/c1-22-5-3-4-6-28(22)37-34(45)38-29-9-7-23(15-31(29)46-2)16-32(42)41-20-26(47-30-10-8-24(35)17-27(30)36)18-25(41)19-39-11-13-40(14-12-39)21-33(43)44/h3-10,15,17,25-26H,11-14,16,18-21H2,1-2H3,(H,43,44)(H2,37,38,45)/t25?,26-/m0/s1. The van der Waals surface area contributed by atoms with E-state index < -0.39 is 29.7 Å². The number of anilines is 2. The van der Waals surface area contributed by atoms with E-state index in [-0.39, 0.29) is 37.2 Å². The van der Waals surface area contributed by atoms with Gasteiger partial charge in [0.2, 0.25) is 5.91 Å². The van der Waals surface area contributed by atoms with Crippen LogP contribution in [0.3, 0.4) is 0 Å². The van der Waals surface area contributed by atoms with E-state index in [1.165, 1.54) is 13.2 Å². The van der Waals surface area contributed by atoms with Crippen LogP contribution in [0.2, 0.25) is 0 Å². The minimum atomic E-state index is -0.870. The lowest BCUT2D eigenvalue weighted by Crippen LogP contribution is -2.52. The number of ether oxygens (including phenoxy) is 2. The Morgan fingerprint density at radius 2 is 1.64 bits per heavy atom. The topological polar surface area (TPSA) is 124 Å². The molecule has 2 saturated heterocycles. The van der Waals surface area contributed by atoms with Crippen molar-refractivity contribution in [3.8, 4) is 11.5 Å². The second kappa shape index (κ2) is 15.2. The zero-order chi connectivity index (χ0) is 33.5. The van der Waals surface area contributed by atoms with Crippen LogP contribution in [-0.2, 0) is 16.0 Å². The maximum absolute atomic E-state index is 14.4. The summed E-state index contributed by atoms with van der Waals surface area (Å²) >= 11 is 0. The Labute approximate surface area is 272 Å². The molecular formula is C34H39F2N5O6. The van der Waals surface area contributed by atoms with Crippen LogP contribution in [0.15, 0.2) is 60.7 Å². The number of benzene rings is 3. The van der Waals surface area contributed by atoms with E-state index in [1.54, 1.807) is 29.2 Å². The molecule has 0 radical (unpaired) electrons. The molecule has 3 aromatic carbocycles. The predicted molar refractivity (Wildman–Crippen MR) is 172 cm³/mol. The van der Waals surface area contributed by atoms with Gasteiger partial charge in [-0.2, -0.15) is 0 Å². The fraction of sp³-hybridized carbons (Fsp3) is 0.382. The van der Waals surface area contributed by atoms with Crippen molar-refractivity contribution in [1.82, 2.24) is 14.7 Å². The normalized spacial score (nSPS) is 18.5. The number of para-hydroxylation sites is 1. The SMILES string of the molecule is COc1cc(CC(=O)N2C[C@@H](Oc3ccc(F)cc3F)CC2CN2CCN(CC(=O)O)CC2)ccc1NC(=O)Nc1ccccc1C. The summed E-state index contributed by atoms with van der Waals surface area (Å²) < 4.78 is 39.3. The highest BCUT2D eigenvalue weighted by Crippen LogP contribution is 2.29. The number of hydrogen-bond acceptors (Lipinski definition) is 7. The van der Waals surface area contributed by atoms with Crippen LogP contribution in [-0.4, -0.2) is 103 Å². The van der Waals surface area contributed by atoms with E-state index >= 15 is 0 Å². The molecule has 13 heteroatoms. The lowest BCUT2D eigenvalue weighted by Gasteiger charge is -2.36. The maximum atomic E-state index is 14.4. The average Bonchev–Trinajstić information content (AvgIpc) is 3.43. The molecule has 0 aromatic heterocycles. The van der Waals surface area contributed by atoms with E-state index in [0.29, 0.717) is 61.8 Å². The van der Waals surface area contributed by atoms with Crippen molar-refractivity contribution in [1.29, 1.82) is 0 Å². The summed E-state index contributed by atoms with van der Waals surface area (Å²) in [6.07, 6.45) is -0.0165. The van der Waals surface area contributed by atoms with E-state index in [4.69, 9.17) is 14.6 Å². The molecule has 3 amide bonds. The number of halogens is 2. The van der Waals surface area contributed by atoms with Crippen molar-refractivity contribution < 1.29 is 37.7 Å². The fourth-order valence-corrected chi connectivity index (χ4v) is 6.02. The van der Waals surface area contributed by atoms with Gasteiger partial charge in [0.15, 0.2) is 11.6 Å². The number of rotatable bonds is 11. The van der Waals surface area contributed by atoms with Crippen LogP contribution in [0.4, 0.5) is 25.0 Å². The number of hydrogen-bond donors (Lipinski definition) is 3. The molecule has 3 aromatic rings. The number of piperazine rings is 1. The number of amides is 3. The van der Waals surface area contributed by atoms with Crippen molar-refractivity contribution in [3.05, 3.63) is 83.4 Å². The van der Waals surface area contributed by atoms with Gasteiger partial charge in [-0.3, -0.25) is 19.4 Å². The zero-order valence-electron chi connectivity index (χ0n) is 26.4. The number of methoxy groups -OCH3 is 1. The van der Waals surface area contributed by atoms with Crippen LogP contribution in [0.25, 0.3) is 0 Å². The van der Waals surface area contributed by atoms with Gasteiger partial charge in [-0.1, -0.05) is 24.3 Å². The van der Waals surface area contributed by atoms with E-state index in [9.17, 15) is 23.2 Å². The van der Waals surface area contributed by atoms with Crippen LogP contribution in [0.1, 0.15) is 17.5 Å². The van der Waals surface area contributed by atoms with Gasteiger partial charge >= 0.3 is 12.0 Å². The number of carboxylic acid groups (broad SMARTS) is 1. The van der Waals surface area contributed by atoms with Gasteiger partial charge < -0.3 is 30.1 Å². The molecule has 0 aliphatic carbocycles. The summed E-state index contributed by atoms with van der Waals surface area (Å²) in [5.74, 6) is -2.24. The number of nitrogens with zero attached hydrogens (tertiary/aromatic N) is 3. The first-order valence-corrected chi connectivity index (χ1v) is 15.5. The van der Waals surface area contributed by atoms with E-state index in [2.05, 4.69) is 15.5 Å². The number of nitrogens with one attached hydrogen (secondary N) is 2. The Kier molecular flexibility index (Phi) is 10.9. The van der Waals surface area contributed by atoms with E-state index in [1.807, 2.05) is 30.0 Å².